The van der Waals surface area contributed by atoms with Gasteiger partial charge in [-0.05, 0) is 25.1 Å². The Kier molecular flexibility index (Phi) is 4.30. The molecule has 5 heteroatoms. The highest BCUT2D eigenvalue weighted by Gasteiger charge is 2.06. The van der Waals surface area contributed by atoms with Crippen molar-refractivity contribution in [3.8, 4) is 11.5 Å². The normalized spacial score (nSPS) is 10.1. The van der Waals surface area contributed by atoms with E-state index in [1.54, 1.807) is 23.7 Å². The van der Waals surface area contributed by atoms with Crippen LogP contribution in [0, 0.1) is 0 Å². The van der Waals surface area contributed by atoms with E-state index in [1.165, 1.54) is 11.3 Å². The number of thiazole rings is 1. The molecule has 0 saturated carbocycles. The number of ether oxygens (including phenoxy) is 2. The average molecular weight is 263 g/mol. The van der Waals surface area contributed by atoms with Crippen molar-refractivity contribution in [3.63, 3.8) is 0 Å². The van der Waals surface area contributed by atoms with Gasteiger partial charge in [0.05, 0.1) is 23.4 Å². The third-order valence-electron chi connectivity index (χ3n) is 2.28. The van der Waals surface area contributed by atoms with Gasteiger partial charge in [-0.1, -0.05) is 0 Å². The number of carbonyl (C=O) groups excluding carboxylic acids is 1. The summed E-state index contributed by atoms with van der Waals surface area (Å²) in [6, 6.07) is 5.20. The van der Waals surface area contributed by atoms with Crippen molar-refractivity contribution in [1.29, 1.82) is 0 Å². The van der Waals surface area contributed by atoms with Crippen molar-refractivity contribution in [1.82, 2.24) is 4.98 Å². The fraction of sp³-hybridized carbons (Fsp3) is 0.231. The molecule has 0 aliphatic rings. The van der Waals surface area contributed by atoms with Crippen LogP contribution in [0.5, 0.6) is 11.5 Å². The van der Waals surface area contributed by atoms with Crippen LogP contribution in [-0.4, -0.2) is 17.9 Å². The SMILES string of the molecule is CCOc1ccc(OCc2cscn2)c(C=O)c1. The lowest BCUT2D eigenvalue weighted by atomic mass is 10.2. The maximum atomic E-state index is 11.0. The van der Waals surface area contributed by atoms with Crippen LogP contribution in [0.1, 0.15) is 23.0 Å². The molecule has 94 valence electrons. The Morgan fingerprint density at radius 1 is 1.39 bits per heavy atom. The van der Waals surface area contributed by atoms with Crippen molar-refractivity contribution in [2.45, 2.75) is 13.5 Å². The summed E-state index contributed by atoms with van der Waals surface area (Å²) >= 11 is 1.51. The Labute approximate surface area is 109 Å². The van der Waals surface area contributed by atoms with Gasteiger partial charge >= 0.3 is 0 Å². The summed E-state index contributed by atoms with van der Waals surface area (Å²) < 4.78 is 10.9. The Bertz CT molecular complexity index is 511. The highest BCUT2D eigenvalue weighted by atomic mass is 32.1. The Morgan fingerprint density at radius 3 is 2.94 bits per heavy atom. The van der Waals surface area contributed by atoms with E-state index >= 15 is 0 Å². The quantitative estimate of drug-likeness (QED) is 0.752. The number of hydrogen-bond acceptors (Lipinski definition) is 5. The molecule has 0 aliphatic heterocycles. The molecule has 0 fully saturated rings. The molecular weight excluding hydrogens is 250 g/mol. The van der Waals surface area contributed by atoms with Gasteiger partial charge in [0, 0.05) is 5.38 Å². The molecule has 0 amide bonds. The fourth-order valence-corrected chi connectivity index (χ4v) is 2.01. The lowest BCUT2D eigenvalue weighted by Crippen LogP contribution is -1.99. The molecule has 1 aromatic carbocycles. The molecule has 0 aliphatic carbocycles. The maximum Gasteiger partial charge on any atom is 0.153 e. The minimum absolute atomic E-state index is 0.359. The van der Waals surface area contributed by atoms with Crippen molar-refractivity contribution in [2.24, 2.45) is 0 Å². The molecule has 2 aromatic rings. The van der Waals surface area contributed by atoms with E-state index in [0.29, 0.717) is 30.3 Å². The average Bonchev–Trinajstić information content (AvgIpc) is 2.90. The molecule has 2 rings (SSSR count). The van der Waals surface area contributed by atoms with Crippen LogP contribution in [0.3, 0.4) is 0 Å². The van der Waals surface area contributed by atoms with Crippen LogP contribution in [-0.2, 0) is 6.61 Å². The predicted molar refractivity (Wildman–Crippen MR) is 69.4 cm³/mol. The second-order valence-corrected chi connectivity index (χ2v) is 4.24. The molecule has 1 heterocycles. The first-order valence-electron chi connectivity index (χ1n) is 5.55. The molecule has 0 atom stereocenters. The largest absolute Gasteiger partial charge is 0.494 e. The summed E-state index contributed by atoms with van der Waals surface area (Å²) in [4.78, 5) is 15.1. The highest BCUT2D eigenvalue weighted by molar-refractivity contribution is 7.07. The molecule has 0 bridgehead atoms. The highest BCUT2D eigenvalue weighted by Crippen LogP contribution is 2.23. The number of rotatable bonds is 6. The first kappa shape index (κ1) is 12.6. The molecular formula is C13H13NO3S. The number of hydrogen-bond donors (Lipinski definition) is 0. The van der Waals surface area contributed by atoms with Gasteiger partial charge in [-0.25, -0.2) is 4.98 Å². The Balaban J connectivity index is 2.09. The van der Waals surface area contributed by atoms with Crippen LogP contribution in [0.4, 0.5) is 0 Å². The molecule has 18 heavy (non-hydrogen) atoms. The van der Waals surface area contributed by atoms with Crippen LogP contribution in [0.25, 0.3) is 0 Å². The van der Waals surface area contributed by atoms with Gasteiger partial charge in [-0.15, -0.1) is 11.3 Å². The molecule has 0 spiro atoms. The monoisotopic (exact) mass is 263 g/mol. The van der Waals surface area contributed by atoms with Crippen molar-refractivity contribution >= 4 is 17.6 Å². The van der Waals surface area contributed by atoms with Crippen LogP contribution >= 0.6 is 11.3 Å². The van der Waals surface area contributed by atoms with E-state index in [-0.39, 0.29) is 0 Å². The van der Waals surface area contributed by atoms with Crippen molar-refractivity contribution in [2.75, 3.05) is 6.61 Å². The van der Waals surface area contributed by atoms with Crippen LogP contribution in [0.15, 0.2) is 29.1 Å². The smallest absolute Gasteiger partial charge is 0.153 e. The first-order chi connectivity index (χ1) is 8.83. The van der Waals surface area contributed by atoms with E-state index < -0.39 is 0 Å². The number of benzene rings is 1. The molecule has 0 N–H and O–H groups in total. The van der Waals surface area contributed by atoms with Gasteiger partial charge in [-0.2, -0.15) is 0 Å². The van der Waals surface area contributed by atoms with Crippen LogP contribution in [0.2, 0.25) is 0 Å². The standard InChI is InChI=1S/C13H13NO3S/c1-2-16-12-3-4-13(10(5-12)6-15)17-7-11-8-18-9-14-11/h3-6,8-9H,2,7H2,1H3. The Hall–Kier alpha value is -1.88. The van der Waals surface area contributed by atoms with E-state index in [2.05, 4.69) is 4.98 Å². The molecule has 4 nitrogen and oxygen atoms in total. The zero-order valence-electron chi connectivity index (χ0n) is 9.96. The second-order valence-electron chi connectivity index (χ2n) is 3.52. The zero-order chi connectivity index (χ0) is 12.8. The van der Waals surface area contributed by atoms with Crippen molar-refractivity contribution in [3.05, 3.63) is 40.3 Å². The first-order valence-corrected chi connectivity index (χ1v) is 6.49. The third-order valence-corrected chi connectivity index (χ3v) is 2.91. The minimum Gasteiger partial charge on any atom is -0.494 e. The molecule has 0 radical (unpaired) electrons. The van der Waals surface area contributed by atoms with E-state index in [4.69, 9.17) is 9.47 Å². The summed E-state index contributed by atoms with van der Waals surface area (Å²) in [6.07, 6.45) is 0.763. The zero-order valence-corrected chi connectivity index (χ0v) is 10.8. The third kappa shape index (κ3) is 3.07. The minimum atomic E-state index is 0.359. The van der Waals surface area contributed by atoms with Gasteiger partial charge < -0.3 is 9.47 Å². The lowest BCUT2D eigenvalue weighted by molar-refractivity contribution is 0.111. The maximum absolute atomic E-state index is 11.0. The predicted octanol–water partition coefficient (Wildman–Crippen LogP) is 2.93. The lowest BCUT2D eigenvalue weighted by Gasteiger charge is -2.09. The summed E-state index contributed by atoms with van der Waals surface area (Å²) in [7, 11) is 0. The van der Waals surface area contributed by atoms with Gasteiger partial charge in [0.2, 0.25) is 0 Å². The summed E-state index contributed by atoms with van der Waals surface area (Å²) in [6.45, 7) is 2.82. The van der Waals surface area contributed by atoms with Gasteiger partial charge in [-0.3, -0.25) is 4.79 Å². The molecule has 0 saturated heterocycles. The second kappa shape index (κ2) is 6.16. The van der Waals surface area contributed by atoms with Crippen molar-refractivity contribution < 1.29 is 14.3 Å². The Morgan fingerprint density at radius 2 is 2.28 bits per heavy atom. The van der Waals surface area contributed by atoms with Crippen LogP contribution < -0.4 is 9.47 Å². The number of aldehydes is 1. The number of carbonyl (C=O) groups is 1. The molecule has 1 aromatic heterocycles. The summed E-state index contributed by atoms with van der Waals surface area (Å²) in [5.74, 6) is 1.21. The van der Waals surface area contributed by atoms with E-state index in [1.807, 2.05) is 12.3 Å². The fourth-order valence-electron chi connectivity index (χ4n) is 1.47. The van der Waals surface area contributed by atoms with Gasteiger partial charge in [0.15, 0.2) is 6.29 Å². The van der Waals surface area contributed by atoms with Gasteiger partial charge in [0.1, 0.15) is 18.1 Å². The number of aromatic nitrogens is 1. The van der Waals surface area contributed by atoms with Gasteiger partial charge in [0.25, 0.3) is 0 Å². The topological polar surface area (TPSA) is 48.4 Å². The summed E-state index contributed by atoms with van der Waals surface area (Å²) in [5.41, 5.74) is 3.08. The van der Waals surface area contributed by atoms with E-state index in [0.717, 1.165) is 12.0 Å². The molecule has 0 unspecified atom stereocenters. The number of nitrogens with zero attached hydrogens (tertiary/aromatic N) is 1. The summed E-state index contributed by atoms with van der Waals surface area (Å²) in [5, 5.41) is 1.91. The van der Waals surface area contributed by atoms with E-state index in [9.17, 15) is 4.79 Å².